The summed E-state index contributed by atoms with van der Waals surface area (Å²) in [7, 11) is 1.63. The van der Waals surface area contributed by atoms with E-state index in [0.29, 0.717) is 67.9 Å². The number of hydrogen-bond donors (Lipinski definition) is 1. The van der Waals surface area contributed by atoms with Gasteiger partial charge in [0, 0.05) is 39.1 Å². The average Bonchev–Trinajstić information content (AvgIpc) is 3.22. The van der Waals surface area contributed by atoms with Gasteiger partial charge in [-0.3, -0.25) is 4.79 Å². The normalized spacial score (nSPS) is 17.3. The van der Waals surface area contributed by atoms with Crippen molar-refractivity contribution in [2.75, 3.05) is 38.7 Å². The summed E-state index contributed by atoms with van der Waals surface area (Å²) in [5.74, 6) is 1.95. The SMILES string of the molecule is CC[C@@H](Nc1ncnc2c1nc(-c1cnc(C)nc1)n2CC)C(=O)N1CCOC(COC)C1. The molecular weight excluding hydrogens is 424 g/mol. The minimum atomic E-state index is -0.442. The van der Waals surface area contributed by atoms with Crippen LogP contribution in [0, 0.1) is 6.92 Å². The summed E-state index contributed by atoms with van der Waals surface area (Å²) in [6, 6.07) is -0.442. The molecule has 3 aromatic rings. The number of imidazole rings is 1. The van der Waals surface area contributed by atoms with Crippen molar-refractivity contribution < 1.29 is 14.3 Å². The van der Waals surface area contributed by atoms with Gasteiger partial charge in [-0.05, 0) is 20.3 Å². The molecule has 2 atom stereocenters. The van der Waals surface area contributed by atoms with Gasteiger partial charge in [0.2, 0.25) is 5.91 Å². The van der Waals surface area contributed by atoms with Crippen LogP contribution in [0.15, 0.2) is 18.7 Å². The van der Waals surface area contributed by atoms with Gasteiger partial charge in [0.25, 0.3) is 0 Å². The van der Waals surface area contributed by atoms with Crippen LogP contribution < -0.4 is 5.32 Å². The Hall–Kier alpha value is -3.18. The van der Waals surface area contributed by atoms with Crippen LogP contribution in [0.4, 0.5) is 5.82 Å². The Bertz CT molecular complexity index is 1100. The van der Waals surface area contributed by atoms with E-state index in [-0.39, 0.29) is 12.0 Å². The van der Waals surface area contributed by atoms with Gasteiger partial charge in [0.05, 0.1) is 24.9 Å². The third kappa shape index (κ3) is 4.79. The van der Waals surface area contributed by atoms with Crippen molar-refractivity contribution in [3.05, 3.63) is 24.5 Å². The Morgan fingerprint density at radius 1 is 1.27 bits per heavy atom. The molecule has 1 N–H and O–H groups in total. The van der Waals surface area contributed by atoms with Crippen LogP contribution in [0.25, 0.3) is 22.6 Å². The van der Waals surface area contributed by atoms with Gasteiger partial charge in [0.15, 0.2) is 17.0 Å². The largest absolute Gasteiger partial charge is 0.382 e. The number of fused-ring (bicyclic) bond motifs is 1. The summed E-state index contributed by atoms with van der Waals surface area (Å²) < 4.78 is 12.9. The first-order chi connectivity index (χ1) is 16.0. The van der Waals surface area contributed by atoms with Crippen molar-refractivity contribution in [3.8, 4) is 11.4 Å². The molecule has 1 saturated heterocycles. The first-order valence-electron chi connectivity index (χ1n) is 11.2. The predicted octanol–water partition coefficient (Wildman–Crippen LogP) is 1.68. The smallest absolute Gasteiger partial charge is 0.245 e. The van der Waals surface area contributed by atoms with E-state index in [0.717, 1.165) is 5.56 Å². The van der Waals surface area contributed by atoms with Gasteiger partial charge in [-0.1, -0.05) is 6.92 Å². The summed E-state index contributed by atoms with van der Waals surface area (Å²) in [5.41, 5.74) is 2.10. The number of aryl methyl sites for hydroxylation is 2. The lowest BCUT2D eigenvalue weighted by molar-refractivity contribution is -0.141. The lowest BCUT2D eigenvalue weighted by atomic mass is 10.1. The Kier molecular flexibility index (Phi) is 7.09. The van der Waals surface area contributed by atoms with E-state index in [9.17, 15) is 4.79 Å². The zero-order valence-electron chi connectivity index (χ0n) is 19.5. The molecule has 0 aliphatic carbocycles. The summed E-state index contributed by atoms with van der Waals surface area (Å²) in [6.45, 7) is 8.53. The van der Waals surface area contributed by atoms with Crippen LogP contribution >= 0.6 is 0 Å². The third-order valence-electron chi connectivity index (χ3n) is 5.71. The molecular formula is C22H30N8O3. The van der Waals surface area contributed by atoms with E-state index in [1.54, 1.807) is 19.5 Å². The van der Waals surface area contributed by atoms with Crippen LogP contribution in [0.5, 0.6) is 0 Å². The number of nitrogens with one attached hydrogen (secondary N) is 1. The Morgan fingerprint density at radius 3 is 2.76 bits per heavy atom. The molecule has 1 amide bonds. The molecule has 0 aromatic carbocycles. The zero-order valence-corrected chi connectivity index (χ0v) is 19.5. The Morgan fingerprint density at radius 2 is 2.06 bits per heavy atom. The number of anilines is 1. The fourth-order valence-corrected chi connectivity index (χ4v) is 4.00. The molecule has 33 heavy (non-hydrogen) atoms. The zero-order chi connectivity index (χ0) is 23.4. The lowest BCUT2D eigenvalue weighted by Gasteiger charge is -2.34. The van der Waals surface area contributed by atoms with E-state index in [1.165, 1.54) is 6.33 Å². The van der Waals surface area contributed by atoms with Crippen molar-refractivity contribution in [2.24, 2.45) is 0 Å². The molecule has 11 nitrogen and oxygen atoms in total. The van der Waals surface area contributed by atoms with Crippen molar-refractivity contribution in [3.63, 3.8) is 0 Å². The summed E-state index contributed by atoms with van der Waals surface area (Å²) in [4.78, 5) is 37.4. The number of carbonyl (C=O) groups excluding carboxylic acids is 1. The molecule has 4 heterocycles. The van der Waals surface area contributed by atoms with E-state index < -0.39 is 6.04 Å². The van der Waals surface area contributed by atoms with Crippen molar-refractivity contribution in [1.82, 2.24) is 34.4 Å². The monoisotopic (exact) mass is 454 g/mol. The van der Waals surface area contributed by atoms with Crippen LogP contribution in [0.2, 0.25) is 0 Å². The topological polar surface area (TPSA) is 120 Å². The molecule has 176 valence electrons. The number of hydrogen-bond acceptors (Lipinski definition) is 9. The molecule has 0 bridgehead atoms. The highest BCUT2D eigenvalue weighted by molar-refractivity contribution is 5.90. The Balaban J connectivity index is 1.62. The number of ether oxygens (including phenoxy) is 2. The number of morpholine rings is 1. The lowest BCUT2D eigenvalue weighted by Crippen LogP contribution is -2.51. The first kappa shape index (κ1) is 23.0. The summed E-state index contributed by atoms with van der Waals surface area (Å²) in [6.07, 6.45) is 5.49. The number of amides is 1. The van der Waals surface area contributed by atoms with E-state index in [2.05, 4.69) is 25.3 Å². The molecule has 3 aromatic heterocycles. The molecule has 1 aliphatic heterocycles. The minimum Gasteiger partial charge on any atom is -0.382 e. The highest BCUT2D eigenvalue weighted by Crippen LogP contribution is 2.27. The van der Waals surface area contributed by atoms with Gasteiger partial charge in [-0.2, -0.15) is 0 Å². The molecule has 1 fully saturated rings. The fraction of sp³-hybridized carbons (Fsp3) is 0.545. The number of aromatic nitrogens is 6. The number of carbonyl (C=O) groups is 1. The second kappa shape index (κ2) is 10.2. The van der Waals surface area contributed by atoms with E-state index in [1.807, 2.05) is 30.2 Å². The first-order valence-corrected chi connectivity index (χ1v) is 11.2. The maximum atomic E-state index is 13.3. The number of rotatable bonds is 8. The van der Waals surface area contributed by atoms with Crippen LogP contribution in [0.3, 0.4) is 0 Å². The number of methoxy groups -OCH3 is 1. The van der Waals surface area contributed by atoms with Crippen molar-refractivity contribution >= 4 is 22.9 Å². The molecule has 11 heteroatoms. The fourth-order valence-electron chi connectivity index (χ4n) is 4.00. The third-order valence-corrected chi connectivity index (χ3v) is 5.71. The van der Waals surface area contributed by atoms with Crippen LogP contribution in [-0.2, 0) is 20.8 Å². The summed E-state index contributed by atoms with van der Waals surface area (Å²) >= 11 is 0. The highest BCUT2D eigenvalue weighted by Gasteiger charge is 2.29. The van der Waals surface area contributed by atoms with Gasteiger partial charge >= 0.3 is 0 Å². The maximum absolute atomic E-state index is 13.3. The Labute approximate surface area is 192 Å². The van der Waals surface area contributed by atoms with E-state index in [4.69, 9.17) is 14.5 Å². The minimum absolute atomic E-state index is 0.00995. The van der Waals surface area contributed by atoms with Gasteiger partial charge in [-0.25, -0.2) is 24.9 Å². The molecule has 0 spiro atoms. The molecule has 1 aliphatic rings. The van der Waals surface area contributed by atoms with E-state index >= 15 is 0 Å². The standard InChI is InChI=1S/C22H30N8O3/c1-5-17(22(31)29-7-8-33-16(11-29)12-32-4)27-19-18-21(26-13-25-19)30(6-2)20(28-18)15-9-23-14(3)24-10-15/h9-10,13,16-17H,5-8,11-12H2,1-4H3,(H,25,26,27)/t16?,17-/m1/s1. The second-order valence-corrected chi connectivity index (χ2v) is 7.93. The van der Waals surface area contributed by atoms with Crippen molar-refractivity contribution in [2.45, 2.75) is 45.9 Å². The molecule has 1 unspecified atom stereocenters. The maximum Gasteiger partial charge on any atom is 0.245 e. The quantitative estimate of drug-likeness (QED) is 0.542. The van der Waals surface area contributed by atoms with Gasteiger partial charge < -0.3 is 24.3 Å². The highest BCUT2D eigenvalue weighted by atomic mass is 16.5. The summed E-state index contributed by atoms with van der Waals surface area (Å²) in [5, 5.41) is 3.32. The molecule has 0 saturated carbocycles. The van der Waals surface area contributed by atoms with Gasteiger partial charge in [-0.15, -0.1) is 0 Å². The number of nitrogens with zero attached hydrogens (tertiary/aromatic N) is 7. The van der Waals surface area contributed by atoms with Gasteiger partial charge in [0.1, 0.15) is 24.0 Å². The molecule has 4 rings (SSSR count). The van der Waals surface area contributed by atoms with Crippen LogP contribution in [0.1, 0.15) is 26.1 Å². The van der Waals surface area contributed by atoms with Crippen LogP contribution in [-0.4, -0.2) is 85.9 Å². The van der Waals surface area contributed by atoms with Crippen molar-refractivity contribution in [1.29, 1.82) is 0 Å². The second-order valence-electron chi connectivity index (χ2n) is 7.93. The molecule has 0 radical (unpaired) electrons. The average molecular weight is 455 g/mol. The predicted molar refractivity (Wildman–Crippen MR) is 123 cm³/mol.